The molecular weight excluding hydrogens is 360 g/mol. The van der Waals surface area contributed by atoms with E-state index in [-0.39, 0.29) is 34.8 Å². The molecule has 2 aromatic rings. The van der Waals surface area contributed by atoms with Gasteiger partial charge in [-0.25, -0.2) is 0 Å². The molecule has 0 saturated carbocycles. The molecule has 6 heteroatoms. The van der Waals surface area contributed by atoms with Gasteiger partial charge < -0.3 is 5.32 Å². The van der Waals surface area contributed by atoms with Crippen LogP contribution in [0, 0.1) is 0 Å². The number of carbonyl (C=O) groups excluding carboxylic acids is 3. The molecule has 3 amide bonds. The fourth-order valence-corrected chi connectivity index (χ4v) is 3.69. The Kier molecular flexibility index (Phi) is 5.37. The molecule has 0 bridgehead atoms. The van der Waals surface area contributed by atoms with Gasteiger partial charge in [-0.3, -0.25) is 19.3 Å². The molecule has 0 aliphatic carbocycles. The summed E-state index contributed by atoms with van der Waals surface area (Å²) in [5.41, 5.74) is 2.97. The van der Waals surface area contributed by atoms with E-state index in [2.05, 4.69) is 26.1 Å². The van der Waals surface area contributed by atoms with Crippen LogP contribution in [0.1, 0.15) is 42.3 Å². The second-order valence-electron chi connectivity index (χ2n) is 7.48. The third-order valence-corrected chi connectivity index (χ3v) is 5.21. The molecule has 0 atom stereocenters. The van der Waals surface area contributed by atoms with Crippen molar-refractivity contribution in [2.24, 2.45) is 0 Å². The van der Waals surface area contributed by atoms with Gasteiger partial charge in [0.2, 0.25) is 5.91 Å². The number of rotatable bonds is 4. The van der Waals surface area contributed by atoms with Crippen LogP contribution >= 0.6 is 11.8 Å². The molecule has 1 fully saturated rings. The number of carbonyl (C=O) groups is 3. The number of thioether (sulfide) groups is 1. The van der Waals surface area contributed by atoms with Crippen molar-refractivity contribution in [3.05, 3.63) is 65.2 Å². The Bertz CT molecular complexity index is 886. The predicted molar refractivity (Wildman–Crippen MR) is 108 cm³/mol. The lowest BCUT2D eigenvalue weighted by Gasteiger charge is -2.23. The lowest BCUT2D eigenvalue weighted by molar-refractivity contribution is -0.125. The maximum atomic E-state index is 12.7. The van der Waals surface area contributed by atoms with Gasteiger partial charge in [0, 0.05) is 11.3 Å². The molecular formula is C21H22N2O3S. The highest BCUT2D eigenvalue weighted by Gasteiger charge is 2.29. The summed E-state index contributed by atoms with van der Waals surface area (Å²) in [6, 6.07) is 14.8. The van der Waals surface area contributed by atoms with Crippen molar-refractivity contribution >= 4 is 34.5 Å². The van der Waals surface area contributed by atoms with E-state index in [4.69, 9.17) is 0 Å². The molecule has 27 heavy (non-hydrogen) atoms. The molecule has 5 nitrogen and oxygen atoms in total. The Morgan fingerprint density at radius 2 is 1.85 bits per heavy atom. The van der Waals surface area contributed by atoms with E-state index >= 15 is 0 Å². The van der Waals surface area contributed by atoms with Crippen molar-refractivity contribution in [1.29, 1.82) is 0 Å². The van der Waals surface area contributed by atoms with Gasteiger partial charge in [0.1, 0.15) is 0 Å². The van der Waals surface area contributed by atoms with Crippen LogP contribution in [0.3, 0.4) is 0 Å². The largest absolute Gasteiger partial charge is 0.322 e. The zero-order valence-corrected chi connectivity index (χ0v) is 16.4. The van der Waals surface area contributed by atoms with Crippen LogP contribution in [0.25, 0.3) is 0 Å². The molecule has 1 aliphatic rings. The van der Waals surface area contributed by atoms with Crippen LogP contribution in [0.4, 0.5) is 10.5 Å². The lowest BCUT2D eigenvalue weighted by atomic mass is 9.86. The fraction of sp³-hybridized carbons (Fsp3) is 0.286. The quantitative estimate of drug-likeness (QED) is 0.849. The van der Waals surface area contributed by atoms with Gasteiger partial charge in [-0.15, -0.1) is 0 Å². The summed E-state index contributed by atoms with van der Waals surface area (Å²) >= 11 is 1.01. The summed E-state index contributed by atoms with van der Waals surface area (Å²) in [5, 5.41) is 2.74. The average molecular weight is 382 g/mol. The lowest BCUT2D eigenvalue weighted by Crippen LogP contribution is -2.28. The van der Waals surface area contributed by atoms with E-state index in [1.54, 1.807) is 18.2 Å². The molecule has 0 radical (unpaired) electrons. The molecule has 1 saturated heterocycles. The minimum absolute atomic E-state index is 0.0974. The van der Waals surface area contributed by atoms with Crippen LogP contribution < -0.4 is 5.32 Å². The summed E-state index contributed by atoms with van der Waals surface area (Å²) in [6.45, 7) is 6.48. The normalized spacial score (nSPS) is 14.6. The second-order valence-corrected chi connectivity index (χ2v) is 8.41. The van der Waals surface area contributed by atoms with Gasteiger partial charge in [-0.2, -0.15) is 0 Å². The molecule has 1 aliphatic heterocycles. The van der Waals surface area contributed by atoms with E-state index in [0.717, 1.165) is 28.6 Å². The van der Waals surface area contributed by atoms with Crippen molar-refractivity contribution in [2.45, 2.75) is 32.7 Å². The first kappa shape index (κ1) is 19.2. The summed E-state index contributed by atoms with van der Waals surface area (Å²) in [4.78, 5) is 37.5. The summed E-state index contributed by atoms with van der Waals surface area (Å²) in [7, 11) is 0. The van der Waals surface area contributed by atoms with Gasteiger partial charge in [-0.05, 0) is 34.7 Å². The highest BCUT2D eigenvalue weighted by Crippen LogP contribution is 2.29. The highest BCUT2D eigenvalue weighted by atomic mass is 32.2. The van der Waals surface area contributed by atoms with Crippen molar-refractivity contribution in [1.82, 2.24) is 4.90 Å². The van der Waals surface area contributed by atoms with Gasteiger partial charge in [0.05, 0.1) is 12.3 Å². The van der Waals surface area contributed by atoms with Gasteiger partial charge in [0.25, 0.3) is 11.1 Å². The number of nitrogens with one attached hydrogen (secondary N) is 1. The first-order valence-corrected chi connectivity index (χ1v) is 9.71. The van der Waals surface area contributed by atoms with E-state index in [1.807, 2.05) is 30.3 Å². The maximum absolute atomic E-state index is 12.7. The SMILES string of the molecule is CC(C)(C)c1ccccc1NC(=O)c1cccc(CN2C(=O)CSC2=O)c1. The molecule has 140 valence electrons. The average Bonchev–Trinajstić information content (AvgIpc) is 2.93. The zero-order chi connectivity index (χ0) is 19.6. The van der Waals surface area contributed by atoms with Crippen molar-refractivity contribution in [3.8, 4) is 0 Å². The Balaban J connectivity index is 1.79. The van der Waals surface area contributed by atoms with Crippen LogP contribution in [0.5, 0.6) is 0 Å². The molecule has 3 rings (SSSR count). The molecule has 0 spiro atoms. The molecule has 1 heterocycles. The standard InChI is InChI=1S/C21H22N2O3S/c1-21(2,3)16-9-4-5-10-17(16)22-19(25)15-8-6-7-14(11-15)12-23-18(24)13-27-20(23)26/h4-11H,12-13H2,1-3H3,(H,22,25). The Hall–Kier alpha value is -2.60. The summed E-state index contributed by atoms with van der Waals surface area (Å²) in [6.07, 6.45) is 0. The minimum atomic E-state index is -0.242. The Morgan fingerprint density at radius 3 is 2.52 bits per heavy atom. The number of anilines is 1. The third kappa shape index (κ3) is 4.39. The molecule has 1 N–H and O–H groups in total. The zero-order valence-electron chi connectivity index (χ0n) is 15.6. The number of hydrogen-bond donors (Lipinski definition) is 1. The number of nitrogens with zero attached hydrogens (tertiary/aromatic N) is 1. The maximum Gasteiger partial charge on any atom is 0.289 e. The van der Waals surface area contributed by atoms with Gasteiger partial charge in [-0.1, -0.05) is 62.9 Å². The number of amides is 3. The Labute approximate surface area is 163 Å². The first-order valence-electron chi connectivity index (χ1n) is 8.72. The summed E-state index contributed by atoms with van der Waals surface area (Å²) in [5.74, 6) is -0.233. The number of hydrogen-bond acceptors (Lipinski definition) is 4. The van der Waals surface area contributed by atoms with E-state index in [1.165, 1.54) is 4.90 Å². The predicted octanol–water partition coefficient (Wildman–Crippen LogP) is 4.43. The van der Waals surface area contributed by atoms with Gasteiger partial charge >= 0.3 is 0 Å². The fourth-order valence-electron chi connectivity index (χ4n) is 2.97. The monoisotopic (exact) mass is 382 g/mol. The molecule has 2 aromatic carbocycles. The van der Waals surface area contributed by atoms with Gasteiger partial charge in [0.15, 0.2) is 0 Å². The smallest absolute Gasteiger partial charge is 0.289 e. The van der Waals surface area contributed by atoms with Crippen molar-refractivity contribution in [2.75, 3.05) is 11.1 Å². The highest BCUT2D eigenvalue weighted by molar-refractivity contribution is 8.14. The van der Waals surface area contributed by atoms with Crippen LogP contribution in [-0.2, 0) is 16.8 Å². The van der Waals surface area contributed by atoms with Crippen LogP contribution in [0.15, 0.2) is 48.5 Å². The van der Waals surface area contributed by atoms with E-state index in [9.17, 15) is 14.4 Å². The van der Waals surface area contributed by atoms with Crippen molar-refractivity contribution < 1.29 is 14.4 Å². The molecule has 0 unspecified atom stereocenters. The Morgan fingerprint density at radius 1 is 1.11 bits per heavy atom. The van der Waals surface area contributed by atoms with E-state index in [0.29, 0.717) is 5.56 Å². The number of imide groups is 1. The van der Waals surface area contributed by atoms with Crippen molar-refractivity contribution in [3.63, 3.8) is 0 Å². The first-order chi connectivity index (χ1) is 12.8. The van der Waals surface area contributed by atoms with Crippen LogP contribution in [0.2, 0.25) is 0 Å². The minimum Gasteiger partial charge on any atom is -0.322 e. The second kappa shape index (κ2) is 7.56. The molecule has 0 aromatic heterocycles. The number of benzene rings is 2. The number of para-hydroxylation sites is 1. The van der Waals surface area contributed by atoms with E-state index < -0.39 is 0 Å². The topological polar surface area (TPSA) is 66.5 Å². The summed E-state index contributed by atoms with van der Waals surface area (Å²) < 4.78 is 0. The third-order valence-electron chi connectivity index (χ3n) is 4.35. The van der Waals surface area contributed by atoms with Crippen LogP contribution in [-0.4, -0.2) is 27.7 Å².